The predicted octanol–water partition coefficient (Wildman–Crippen LogP) is 2.99. The summed E-state index contributed by atoms with van der Waals surface area (Å²) in [4.78, 5) is 16.7. The smallest absolute Gasteiger partial charge is 0.186 e. The number of rotatable bonds is 5. The van der Waals surface area contributed by atoms with Gasteiger partial charge in [0.1, 0.15) is 0 Å². The van der Waals surface area contributed by atoms with Crippen molar-refractivity contribution >= 4 is 17.1 Å². The van der Waals surface area contributed by atoms with E-state index in [1.807, 2.05) is 6.07 Å². The fourth-order valence-electron chi connectivity index (χ4n) is 2.61. The number of Topliss-reactive ketones (excluding diaryl/α,β-unsaturated/α-hetero) is 1. The minimum Gasteiger partial charge on any atom is -0.381 e. The molecule has 1 aliphatic heterocycles. The number of carbonyl (C=O) groups is 1. The Bertz CT molecular complexity index is 430. The van der Waals surface area contributed by atoms with E-state index in [0.717, 1.165) is 30.7 Å². The monoisotopic (exact) mass is 281 g/mol. The molecule has 1 aromatic rings. The van der Waals surface area contributed by atoms with Crippen LogP contribution in [0.4, 0.5) is 0 Å². The molecule has 0 aliphatic carbocycles. The van der Waals surface area contributed by atoms with Gasteiger partial charge in [0.15, 0.2) is 5.78 Å². The number of thiophene rings is 1. The third-order valence-electron chi connectivity index (χ3n) is 3.93. The Labute approximate surface area is 119 Å². The molecule has 2 atom stereocenters. The van der Waals surface area contributed by atoms with Crippen molar-refractivity contribution in [3.8, 4) is 0 Å². The van der Waals surface area contributed by atoms with Crippen molar-refractivity contribution < 1.29 is 9.53 Å². The van der Waals surface area contributed by atoms with Gasteiger partial charge in [-0.05, 0) is 38.3 Å². The van der Waals surface area contributed by atoms with E-state index in [9.17, 15) is 4.79 Å². The molecule has 1 aliphatic rings. The highest BCUT2D eigenvalue weighted by atomic mass is 32.1. The first-order valence-electron chi connectivity index (χ1n) is 7.02. The maximum Gasteiger partial charge on any atom is 0.186 e. The van der Waals surface area contributed by atoms with Crippen LogP contribution in [0.3, 0.4) is 0 Å². The quantitative estimate of drug-likeness (QED) is 0.777. The Morgan fingerprint density at radius 3 is 2.89 bits per heavy atom. The number of piperidine rings is 1. The third kappa shape index (κ3) is 3.65. The van der Waals surface area contributed by atoms with Crippen molar-refractivity contribution in [2.45, 2.75) is 45.3 Å². The van der Waals surface area contributed by atoms with Crippen molar-refractivity contribution in [1.82, 2.24) is 4.90 Å². The molecule has 2 unspecified atom stereocenters. The van der Waals surface area contributed by atoms with Gasteiger partial charge in [0, 0.05) is 24.6 Å². The van der Waals surface area contributed by atoms with Crippen LogP contribution in [-0.4, -0.2) is 43.0 Å². The molecule has 2 heterocycles. The van der Waals surface area contributed by atoms with Gasteiger partial charge >= 0.3 is 0 Å². The molecule has 1 aromatic heterocycles. The number of aryl methyl sites for hydroxylation is 1. The topological polar surface area (TPSA) is 29.5 Å². The number of hydrogen-bond acceptors (Lipinski definition) is 4. The zero-order valence-electron chi connectivity index (χ0n) is 12.0. The summed E-state index contributed by atoms with van der Waals surface area (Å²) in [5.41, 5.74) is 0. The van der Waals surface area contributed by atoms with E-state index in [-0.39, 0.29) is 5.78 Å². The summed E-state index contributed by atoms with van der Waals surface area (Å²) in [6.07, 6.45) is 3.41. The molecule has 4 heteroatoms. The van der Waals surface area contributed by atoms with Gasteiger partial charge in [0.25, 0.3) is 0 Å². The lowest BCUT2D eigenvalue weighted by molar-refractivity contribution is 0.0168. The average Bonchev–Trinajstić information content (AvgIpc) is 2.90. The lowest BCUT2D eigenvalue weighted by atomic mass is 10.0. The second kappa shape index (κ2) is 6.64. The molecule has 1 fully saturated rings. The highest BCUT2D eigenvalue weighted by Crippen LogP contribution is 2.22. The van der Waals surface area contributed by atoms with Crippen LogP contribution in [0.25, 0.3) is 0 Å². The molecule has 0 amide bonds. The summed E-state index contributed by atoms with van der Waals surface area (Å²) in [6, 6.07) is 4.46. The molecular weight excluding hydrogens is 258 g/mol. The van der Waals surface area contributed by atoms with E-state index < -0.39 is 0 Å². The normalized spacial score (nSPS) is 24.6. The van der Waals surface area contributed by atoms with Crippen LogP contribution in [-0.2, 0) is 11.2 Å². The third-order valence-corrected chi connectivity index (χ3v) is 5.20. The van der Waals surface area contributed by atoms with Crippen LogP contribution in [0.2, 0.25) is 0 Å². The van der Waals surface area contributed by atoms with Gasteiger partial charge in [-0.1, -0.05) is 6.92 Å². The number of hydrogen-bond donors (Lipinski definition) is 0. The van der Waals surface area contributed by atoms with Crippen molar-refractivity contribution in [3.63, 3.8) is 0 Å². The summed E-state index contributed by atoms with van der Waals surface area (Å²) < 4.78 is 5.41. The zero-order chi connectivity index (χ0) is 13.8. The van der Waals surface area contributed by atoms with Gasteiger partial charge in [-0.15, -0.1) is 11.3 Å². The molecule has 2 rings (SSSR count). The van der Waals surface area contributed by atoms with Gasteiger partial charge in [0.05, 0.1) is 17.5 Å². The highest BCUT2D eigenvalue weighted by molar-refractivity contribution is 7.14. The first kappa shape index (κ1) is 14.7. The lowest BCUT2D eigenvalue weighted by Crippen LogP contribution is -2.45. The number of ether oxygens (including phenoxy) is 1. The number of nitrogens with zero attached hydrogens (tertiary/aromatic N) is 1. The molecule has 0 aromatic carbocycles. The molecule has 106 valence electrons. The van der Waals surface area contributed by atoms with Crippen LogP contribution in [0.1, 0.15) is 41.2 Å². The van der Waals surface area contributed by atoms with E-state index in [1.165, 1.54) is 4.88 Å². The average molecular weight is 281 g/mol. The van der Waals surface area contributed by atoms with E-state index in [2.05, 4.69) is 24.8 Å². The second-order valence-corrected chi connectivity index (χ2v) is 6.41. The summed E-state index contributed by atoms with van der Waals surface area (Å²) in [5.74, 6) is 0.257. The fraction of sp³-hybridized carbons (Fsp3) is 0.667. The van der Waals surface area contributed by atoms with Crippen LogP contribution in [0, 0.1) is 0 Å². The van der Waals surface area contributed by atoms with Gasteiger partial charge in [-0.25, -0.2) is 0 Å². The maximum atomic E-state index is 12.3. The Balaban J connectivity index is 1.92. The van der Waals surface area contributed by atoms with Crippen LogP contribution >= 0.6 is 11.3 Å². The molecule has 3 nitrogen and oxygen atoms in total. The Kier molecular flexibility index (Phi) is 5.13. The maximum absolute atomic E-state index is 12.3. The van der Waals surface area contributed by atoms with Crippen molar-refractivity contribution in [2.24, 2.45) is 0 Å². The van der Waals surface area contributed by atoms with Crippen LogP contribution in [0.15, 0.2) is 12.1 Å². The highest BCUT2D eigenvalue weighted by Gasteiger charge is 2.27. The largest absolute Gasteiger partial charge is 0.381 e. The summed E-state index contributed by atoms with van der Waals surface area (Å²) in [7, 11) is 1.77. The molecular formula is C15H23NO2S. The Morgan fingerprint density at radius 2 is 2.32 bits per heavy atom. The van der Waals surface area contributed by atoms with Crippen LogP contribution in [0.5, 0.6) is 0 Å². The number of methoxy groups -OCH3 is 1. The standard InChI is InChI=1S/C15H23NO2S/c1-4-13-5-6-15(19-13)14(17)10-16-8-7-12(18-3)9-11(16)2/h5-6,11-12H,4,7-10H2,1-3H3. The predicted molar refractivity (Wildman–Crippen MR) is 79.1 cm³/mol. The Morgan fingerprint density at radius 1 is 1.53 bits per heavy atom. The molecule has 19 heavy (non-hydrogen) atoms. The van der Waals surface area contributed by atoms with E-state index >= 15 is 0 Å². The number of ketones is 1. The zero-order valence-corrected chi connectivity index (χ0v) is 12.8. The van der Waals surface area contributed by atoms with Gasteiger partial charge in [0.2, 0.25) is 0 Å². The fourth-order valence-corrected chi connectivity index (χ4v) is 3.48. The summed E-state index contributed by atoms with van der Waals surface area (Å²) >= 11 is 1.63. The van der Waals surface area contributed by atoms with E-state index in [4.69, 9.17) is 4.74 Å². The SMILES string of the molecule is CCc1ccc(C(=O)CN2CCC(OC)CC2C)s1. The first-order chi connectivity index (χ1) is 9.13. The van der Waals surface area contributed by atoms with Crippen LogP contribution < -0.4 is 0 Å². The second-order valence-electron chi connectivity index (χ2n) is 5.24. The summed E-state index contributed by atoms with van der Waals surface area (Å²) in [5, 5.41) is 0. The van der Waals surface area contributed by atoms with E-state index in [0.29, 0.717) is 18.7 Å². The molecule has 0 bridgehead atoms. The molecule has 0 saturated carbocycles. The first-order valence-corrected chi connectivity index (χ1v) is 7.84. The Hall–Kier alpha value is -0.710. The van der Waals surface area contributed by atoms with E-state index in [1.54, 1.807) is 18.4 Å². The van der Waals surface area contributed by atoms with Crippen molar-refractivity contribution in [3.05, 3.63) is 21.9 Å². The number of likely N-dealkylation sites (tertiary alicyclic amines) is 1. The molecule has 0 radical (unpaired) electrons. The van der Waals surface area contributed by atoms with Gasteiger partial charge in [-0.2, -0.15) is 0 Å². The van der Waals surface area contributed by atoms with Crippen molar-refractivity contribution in [1.29, 1.82) is 0 Å². The molecule has 1 saturated heterocycles. The lowest BCUT2D eigenvalue weighted by Gasteiger charge is -2.36. The van der Waals surface area contributed by atoms with Crippen molar-refractivity contribution in [2.75, 3.05) is 20.2 Å². The molecule has 0 N–H and O–H groups in total. The summed E-state index contributed by atoms with van der Waals surface area (Å²) in [6.45, 7) is 5.81. The minimum atomic E-state index is 0.257. The van der Waals surface area contributed by atoms with Gasteiger partial charge in [-0.3, -0.25) is 9.69 Å². The minimum absolute atomic E-state index is 0.257. The van der Waals surface area contributed by atoms with Gasteiger partial charge < -0.3 is 4.74 Å². The molecule has 0 spiro atoms. The number of carbonyl (C=O) groups excluding carboxylic acids is 1.